The van der Waals surface area contributed by atoms with Gasteiger partial charge in [0.15, 0.2) is 11.6 Å². The zero-order chi connectivity index (χ0) is 32.0. The van der Waals surface area contributed by atoms with E-state index in [4.69, 9.17) is 13.6 Å². The summed E-state index contributed by atoms with van der Waals surface area (Å²) in [5, 5.41) is 0. The Morgan fingerprint density at radius 2 is 1.39 bits per heavy atom. The number of esters is 1. The lowest BCUT2D eigenvalue weighted by molar-refractivity contribution is -0.160. The number of allylic oxidation sites excluding steroid dienone is 2. The molecule has 5 rings (SSSR count). The second-order valence-corrected chi connectivity index (χ2v) is 12.5. The van der Waals surface area contributed by atoms with Crippen LogP contribution in [0.25, 0.3) is 5.57 Å². The van der Waals surface area contributed by atoms with Crippen LogP contribution in [0.3, 0.4) is 0 Å². The molecule has 238 valence electrons. The summed E-state index contributed by atoms with van der Waals surface area (Å²) in [7, 11) is 3.54. The van der Waals surface area contributed by atoms with Crippen molar-refractivity contribution >= 4 is 51.0 Å². The summed E-state index contributed by atoms with van der Waals surface area (Å²) in [5.74, 6) is 4.04. The van der Waals surface area contributed by atoms with Gasteiger partial charge in [0.1, 0.15) is 23.9 Å². The maximum absolute atomic E-state index is 10.9. The van der Waals surface area contributed by atoms with Gasteiger partial charge in [0, 0.05) is 24.8 Å². The maximum Gasteiger partial charge on any atom is 0.306 e. The number of furan rings is 2. The molecule has 0 N–H and O–H groups in total. The Hall–Kier alpha value is -3.30. The summed E-state index contributed by atoms with van der Waals surface area (Å²) in [6.07, 6.45) is 13.7. The number of rotatable bonds is 10. The number of aldehydes is 1. The van der Waals surface area contributed by atoms with Gasteiger partial charge in [-0.1, -0.05) is 78.3 Å². The molecule has 3 aromatic rings. The first-order chi connectivity index (χ1) is 21.4. The normalized spacial score (nSPS) is 17.2. The second-order valence-electron chi connectivity index (χ2n) is 10.1. The molecule has 1 saturated heterocycles. The average molecular weight is 641 g/mol. The molecular formula is C35H44O7S2. The van der Waals surface area contributed by atoms with Gasteiger partial charge < -0.3 is 13.6 Å². The van der Waals surface area contributed by atoms with Crippen molar-refractivity contribution in [3.8, 4) is 0 Å². The van der Waals surface area contributed by atoms with E-state index in [2.05, 4.69) is 0 Å². The van der Waals surface area contributed by atoms with Crippen LogP contribution >= 0.6 is 21.6 Å². The molecule has 1 aliphatic carbocycles. The lowest BCUT2D eigenvalue weighted by atomic mass is 9.82. The molecule has 2 aromatic heterocycles. The fourth-order valence-corrected chi connectivity index (χ4v) is 6.43. The molecule has 0 spiro atoms. The Bertz CT molecular complexity index is 1200. The molecule has 0 radical (unpaired) electrons. The summed E-state index contributed by atoms with van der Waals surface area (Å²) >= 11 is 0. The van der Waals surface area contributed by atoms with Crippen LogP contribution < -0.4 is 0 Å². The highest BCUT2D eigenvalue weighted by molar-refractivity contribution is 8.76. The summed E-state index contributed by atoms with van der Waals surface area (Å²) < 4.78 is 15.7. The highest BCUT2D eigenvalue weighted by Gasteiger charge is 2.32. The van der Waals surface area contributed by atoms with E-state index >= 15 is 0 Å². The highest BCUT2D eigenvalue weighted by atomic mass is 33.1. The number of carbonyl (C=O) groups is 4. The van der Waals surface area contributed by atoms with Crippen LogP contribution in [0.15, 0.2) is 82.0 Å². The molecular weight excluding hydrogens is 597 g/mol. The topological polar surface area (TPSA) is 104 Å². The highest BCUT2D eigenvalue weighted by Crippen LogP contribution is 2.33. The third kappa shape index (κ3) is 14.4. The predicted octanol–water partition coefficient (Wildman–Crippen LogP) is 9.07. The van der Waals surface area contributed by atoms with E-state index in [0.29, 0.717) is 25.2 Å². The van der Waals surface area contributed by atoms with Gasteiger partial charge in [0.25, 0.3) is 0 Å². The first kappa shape index (κ1) is 36.9. The lowest BCUT2D eigenvalue weighted by Gasteiger charge is -2.34. The van der Waals surface area contributed by atoms with Crippen molar-refractivity contribution in [1.82, 2.24) is 0 Å². The van der Waals surface area contributed by atoms with Crippen molar-refractivity contribution in [3.63, 3.8) is 0 Å². The van der Waals surface area contributed by atoms with Gasteiger partial charge in [-0.3, -0.25) is 19.2 Å². The number of hydrogen-bond donors (Lipinski definition) is 0. The van der Waals surface area contributed by atoms with Gasteiger partial charge in [-0.2, -0.15) is 0 Å². The minimum absolute atomic E-state index is 0.0214. The summed E-state index contributed by atoms with van der Waals surface area (Å²) in [5.41, 5.74) is 1.72. The Kier molecular flexibility index (Phi) is 18.7. The van der Waals surface area contributed by atoms with E-state index in [1.165, 1.54) is 19.3 Å². The summed E-state index contributed by atoms with van der Waals surface area (Å²) in [6.45, 7) is 5.24. The first-order valence-corrected chi connectivity index (χ1v) is 17.6. The molecule has 0 amide bonds. The molecule has 2 aliphatic rings. The zero-order valence-corrected chi connectivity index (χ0v) is 27.5. The Morgan fingerprint density at radius 3 is 1.86 bits per heavy atom. The van der Waals surface area contributed by atoms with Gasteiger partial charge in [-0.15, -0.1) is 0 Å². The number of benzene rings is 1. The Labute approximate surface area is 269 Å². The first-order valence-electron chi connectivity index (χ1n) is 15.1. The average Bonchev–Trinajstić information content (AvgIpc) is 3.79. The number of ether oxygens (including phenoxy) is 1. The van der Waals surface area contributed by atoms with Crippen molar-refractivity contribution in [1.29, 1.82) is 0 Å². The minimum Gasteiger partial charge on any atom is -0.468 e. The standard InChI is InChI=1S/C10H10O2S2.C10H10O.C9H14O2.C6H10O2/c1-3-9(11-5-1)7-13-14-8-10-4-2-6-12-10;1-2-9(8-11)10-6-4-3-5-7-10;10-9-6-5-7-3-1-2-4-8(7)11-9;1-3-5(7)6(8)4-2/h1-6H,7-8H2;2-8H,1H3;7-8H,1-6H2;3-4H2,1-2H3. The number of Topliss-reactive ketones (excluding diaryl/α,β-unsaturated/α-hetero) is 2. The fraction of sp³-hybridized carbons (Fsp3) is 0.429. The molecule has 7 nitrogen and oxygen atoms in total. The van der Waals surface area contributed by atoms with Crippen molar-refractivity contribution in [3.05, 3.63) is 90.3 Å². The number of fused-ring (bicyclic) bond motifs is 1. The number of carbonyl (C=O) groups excluding carboxylic acids is 4. The van der Waals surface area contributed by atoms with Crippen LogP contribution in [0.5, 0.6) is 0 Å². The molecule has 0 bridgehead atoms. The van der Waals surface area contributed by atoms with Crippen molar-refractivity contribution in [2.45, 2.75) is 89.7 Å². The zero-order valence-electron chi connectivity index (χ0n) is 25.9. The molecule has 3 heterocycles. The van der Waals surface area contributed by atoms with E-state index in [9.17, 15) is 19.2 Å². The largest absolute Gasteiger partial charge is 0.468 e. The van der Waals surface area contributed by atoms with E-state index in [-0.39, 0.29) is 23.6 Å². The molecule has 1 aromatic carbocycles. The third-order valence-electron chi connectivity index (χ3n) is 6.99. The van der Waals surface area contributed by atoms with Crippen LogP contribution in [0, 0.1) is 5.92 Å². The van der Waals surface area contributed by atoms with E-state index < -0.39 is 0 Å². The summed E-state index contributed by atoms with van der Waals surface area (Å²) in [6, 6.07) is 17.4. The lowest BCUT2D eigenvalue weighted by Crippen LogP contribution is -2.34. The maximum atomic E-state index is 10.9. The molecule has 1 saturated carbocycles. The SMILES string of the molecule is CC=C(C=O)c1ccccc1.CCC(=O)C(=O)CC.O=C1CCC2CCCCC2O1.c1coc(CSSCc2ccco2)c1. The quantitative estimate of drug-likeness (QED) is 0.0536. The molecule has 9 heteroatoms. The molecule has 44 heavy (non-hydrogen) atoms. The van der Waals surface area contributed by atoms with Crippen LogP contribution in [0.1, 0.15) is 89.2 Å². The van der Waals surface area contributed by atoms with Gasteiger partial charge in [-0.05, 0) is 68.4 Å². The number of hydrogen-bond acceptors (Lipinski definition) is 9. The Balaban J connectivity index is 0.000000209. The van der Waals surface area contributed by atoms with Crippen LogP contribution in [-0.4, -0.2) is 29.9 Å². The number of ketones is 2. The van der Waals surface area contributed by atoms with Crippen LogP contribution in [0.2, 0.25) is 0 Å². The molecule has 2 fully saturated rings. The van der Waals surface area contributed by atoms with Gasteiger partial charge in [-0.25, -0.2) is 0 Å². The Morgan fingerprint density at radius 1 is 0.818 bits per heavy atom. The minimum atomic E-state index is -0.257. The van der Waals surface area contributed by atoms with E-state index in [0.717, 1.165) is 53.3 Å². The smallest absolute Gasteiger partial charge is 0.306 e. The molecule has 2 atom stereocenters. The van der Waals surface area contributed by atoms with E-state index in [1.54, 1.807) is 48.0 Å². The summed E-state index contributed by atoms with van der Waals surface area (Å²) in [4.78, 5) is 42.2. The second kappa shape index (κ2) is 22.2. The van der Waals surface area contributed by atoms with E-state index in [1.807, 2.05) is 67.6 Å². The fourth-order valence-electron chi connectivity index (χ4n) is 4.51. The van der Waals surface area contributed by atoms with Crippen molar-refractivity contribution in [2.75, 3.05) is 0 Å². The third-order valence-corrected chi connectivity index (χ3v) is 9.16. The van der Waals surface area contributed by atoms with Crippen LogP contribution in [0.4, 0.5) is 0 Å². The van der Waals surface area contributed by atoms with Crippen LogP contribution in [-0.2, 0) is 35.4 Å². The van der Waals surface area contributed by atoms with Gasteiger partial charge in [0.05, 0.1) is 24.0 Å². The molecule has 2 unspecified atom stereocenters. The predicted molar refractivity (Wildman–Crippen MR) is 178 cm³/mol. The monoisotopic (exact) mass is 640 g/mol. The molecule has 1 aliphatic heterocycles. The van der Waals surface area contributed by atoms with Crippen molar-refractivity contribution in [2.24, 2.45) is 5.92 Å². The van der Waals surface area contributed by atoms with Gasteiger partial charge in [0.2, 0.25) is 0 Å². The van der Waals surface area contributed by atoms with Crippen molar-refractivity contribution < 1.29 is 32.7 Å². The van der Waals surface area contributed by atoms with Gasteiger partial charge >= 0.3 is 5.97 Å².